The quantitative estimate of drug-likeness (QED) is 0.531. The highest BCUT2D eigenvalue weighted by Crippen LogP contribution is 2.34. The number of carbonyl (C=O) groups excluding carboxylic acids is 2. The molecule has 2 aromatic rings. The lowest BCUT2D eigenvalue weighted by atomic mass is 9.91. The molecule has 1 atom stereocenters. The van der Waals surface area contributed by atoms with E-state index < -0.39 is 17.3 Å². The number of ether oxygens (including phenoxy) is 3. The standard InChI is InChI=1S/C29H39N3O5/c1-28(2,3)36-26(33)30-25(23-8-6-5-7-9-23)14-17-31-18-15-29(16-19-31)21-32(27(34)37-29)20-22-10-12-24(35-4)13-11-22/h5-13,25H,14-21H2,1-4H3,(H,30,33)/t25-/m0/s1. The Bertz CT molecular complexity index is 1040. The molecule has 0 aromatic heterocycles. The molecule has 1 spiro atoms. The van der Waals surface area contributed by atoms with Crippen molar-refractivity contribution >= 4 is 12.2 Å². The van der Waals surface area contributed by atoms with Gasteiger partial charge in [-0.05, 0) is 50.5 Å². The van der Waals surface area contributed by atoms with E-state index in [1.54, 1.807) is 12.0 Å². The van der Waals surface area contributed by atoms with E-state index in [0.29, 0.717) is 13.1 Å². The number of hydrogen-bond donors (Lipinski definition) is 1. The predicted molar refractivity (Wildman–Crippen MR) is 141 cm³/mol. The van der Waals surface area contributed by atoms with Gasteiger partial charge < -0.3 is 24.4 Å². The van der Waals surface area contributed by atoms with Gasteiger partial charge in [-0.25, -0.2) is 9.59 Å². The van der Waals surface area contributed by atoms with Crippen LogP contribution in [0, 0.1) is 0 Å². The van der Waals surface area contributed by atoms with E-state index in [-0.39, 0.29) is 12.1 Å². The second-order valence-corrected chi connectivity index (χ2v) is 11.0. The third-order valence-electron chi connectivity index (χ3n) is 6.97. The van der Waals surface area contributed by atoms with Crippen LogP contribution in [-0.4, -0.2) is 66.5 Å². The molecule has 200 valence electrons. The Morgan fingerprint density at radius 3 is 2.38 bits per heavy atom. The van der Waals surface area contributed by atoms with E-state index in [1.165, 1.54) is 0 Å². The molecule has 0 radical (unpaired) electrons. The number of benzene rings is 2. The molecule has 1 N–H and O–H groups in total. The zero-order chi connectivity index (χ0) is 26.5. The van der Waals surface area contributed by atoms with Crippen molar-refractivity contribution in [3.05, 3.63) is 65.7 Å². The minimum absolute atomic E-state index is 0.142. The molecule has 8 nitrogen and oxygen atoms in total. The third kappa shape index (κ3) is 7.38. The fourth-order valence-electron chi connectivity index (χ4n) is 4.98. The van der Waals surface area contributed by atoms with Crippen LogP contribution < -0.4 is 10.1 Å². The largest absolute Gasteiger partial charge is 0.497 e. The minimum Gasteiger partial charge on any atom is -0.497 e. The van der Waals surface area contributed by atoms with E-state index in [0.717, 1.165) is 55.8 Å². The smallest absolute Gasteiger partial charge is 0.410 e. The maximum atomic E-state index is 12.6. The van der Waals surface area contributed by atoms with E-state index in [4.69, 9.17) is 14.2 Å². The number of alkyl carbamates (subject to hydrolysis) is 1. The summed E-state index contributed by atoms with van der Waals surface area (Å²) in [5, 5.41) is 3.05. The van der Waals surface area contributed by atoms with Crippen molar-refractivity contribution in [1.82, 2.24) is 15.1 Å². The van der Waals surface area contributed by atoms with E-state index in [9.17, 15) is 9.59 Å². The van der Waals surface area contributed by atoms with Crippen LogP contribution in [0.3, 0.4) is 0 Å². The van der Waals surface area contributed by atoms with Crippen LogP contribution in [0.1, 0.15) is 57.2 Å². The third-order valence-corrected chi connectivity index (χ3v) is 6.97. The minimum atomic E-state index is -0.549. The van der Waals surface area contributed by atoms with Crippen molar-refractivity contribution in [2.75, 3.05) is 33.3 Å². The Hall–Kier alpha value is -3.26. The van der Waals surface area contributed by atoms with Crippen molar-refractivity contribution in [2.45, 2.75) is 63.8 Å². The predicted octanol–water partition coefficient (Wildman–Crippen LogP) is 5.14. The lowest BCUT2D eigenvalue weighted by molar-refractivity contribution is -0.0000850. The number of rotatable bonds is 8. The Kier molecular flexibility index (Phi) is 8.27. The van der Waals surface area contributed by atoms with Crippen LogP contribution in [-0.2, 0) is 16.0 Å². The molecule has 37 heavy (non-hydrogen) atoms. The van der Waals surface area contributed by atoms with Crippen LogP contribution in [0.4, 0.5) is 9.59 Å². The van der Waals surface area contributed by atoms with Crippen LogP contribution in [0.15, 0.2) is 54.6 Å². The molecule has 2 amide bonds. The molecular formula is C29H39N3O5. The lowest BCUT2D eigenvalue weighted by Crippen LogP contribution is -2.47. The summed E-state index contributed by atoms with van der Waals surface area (Å²) in [6, 6.07) is 17.6. The van der Waals surface area contributed by atoms with Crippen LogP contribution >= 0.6 is 0 Å². The van der Waals surface area contributed by atoms with Gasteiger partial charge in [-0.3, -0.25) is 4.90 Å². The molecule has 0 aliphatic carbocycles. The Balaban J connectivity index is 1.29. The monoisotopic (exact) mass is 509 g/mol. The summed E-state index contributed by atoms with van der Waals surface area (Å²) in [4.78, 5) is 29.3. The SMILES string of the molecule is COc1ccc(CN2CC3(CCN(CC[C@H](NC(=O)OC(C)(C)C)c4ccccc4)CC3)OC2=O)cc1. The van der Waals surface area contributed by atoms with Gasteiger partial charge in [-0.2, -0.15) is 0 Å². The molecule has 8 heteroatoms. The van der Waals surface area contributed by atoms with Gasteiger partial charge in [-0.1, -0.05) is 42.5 Å². The summed E-state index contributed by atoms with van der Waals surface area (Å²) >= 11 is 0. The fourth-order valence-corrected chi connectivity index (χ4v) is 4.98. The first-order valence-electron chi connectivity index (χ1n) is 13.0. The number of amides is 2. The molecule has 2 aliphatic heterocycles. The Morgan fingerprint density at radius 1 is 1.08 bits per heavy atom. The molecular weight excluding hydrogens is 470 g/mol. The van der Waals surface area contributed by atoms with Crippen molar-refractivity contribution in [1.29, 1.82) is 0 Å². The lowest BCUT2D eigenvalue weighted by Gasteiger charge is -2.38. The first-order valence-corrected chi connectivity index (χ1v) is 13.0. The van der Waals surface area contributed by atoms with Gasteiger partial charge in [0.25, 0.3) is 0 Å². The van der Waals surface area contributed by atoms with Crippen molar-refractivity contribution in [3.8, 4) is 5.75 Å². The summed E-state index contributed by atoms with van der Waals surface area (Å²) in [6.45, 7) is 9.25. The molecule has 4 rings (SSSR count). The highest BCUT2D eigenvalue weighted by atomic mass is 16.6. The summed E-state index contributed by atoms with van der Waals surface area (Å²) in [7, 11) is 1.64. The van der Waals surface area contributed by atoms with Gasteiger partial charge in [0.15, 0.2) is 0 Å². The second-order valence-electron chi connectivity index (χ2n) is 11.0. The van der Waals surface area contributed by atoms with Crippen molar-refractivity contribution < 1.29 is 23.8 Å². The number of methoxy groups -OCH3 is 1. The zero-order valence-corrected chi connectivity index (χ0v) is 22.4. The topological polar surface area (TPSA) is 80.3 Å². The number of nitrogens with one attached hydrogen (secondary N) is 1. The zero-order valence-electron chi connectivity index (χ0n) is 22.4. The number of nitrogens with zero attached hydrogens (tertiary/aromatic N) is 2. The molecule has 2 fully saturated rings. The molecule has 0 bridgehead atoms. The average molecular weight is 510 g/mol. The van der Waals surface area contributed by atoms with Crippen molar-refractivity contribution in [2.24, 2.45) is 0 Å². The fraction of sp³-hybridized carbons (Fsp3) is 0.517. The van der Waals surface area contributed by atoms with E-state index in [2.05, 4.69) is 10.2 Å². The van der Waals surface area contributed by atoms with Gasteiger partial charge in [0.2, 0.25) is 0 Å². The molecule has 2 heterocycles. The second kappa shape index (κ2) is 11.4. The van der Waals surface area contributed by atoms with Crippen LogP contribution in [0.25, 0.3) is 0 Å². The summed E-state index contributed by atoms with van der Waals surface area (Å²) in [5.74, 6) is 0.799. The molecule has 2 aliphatic rings. The van der Waals surface area contributed by atoms with Crippen LogP contribution in [0.5, 0.6) is 5.75 Å². The average Bonchev–Trinajstić information content (AvgIpc) is 3.16. The first kappa shape index (κ1) is 26.8. The summed E-state index contributed by atoms with van der Waals surface area (Å²) < 4.78 is 16.6. The Labute approximate surface area is 219 Å². The highest BCUT2D eigenvalue weighted by molar-refractivity contribution is 5.71. The number of piperidine rings is 1. The number of hydrogen-bond acceptors (Lipinski definition) is 6. The van der Waals surface area contributed by atoms with Gasteiger partial charge in [0.1, 0.15) is 17.0 Å². The maximum Gasteiger partial charge on any atom is 0.410 e. The van der Waals surface area contributed by atoms with Gasteiger partial charge in [0, 0.05) is 39.0 Å². The van der Waals surface area contributed by atoms with E-state index >= 15 is 0 Å². The molecule has 2 aromatic carbocycles. The maximum absolute atomic E-state index is 12.6. The number of carbonyl (C=O) groups is 2. The van der Waals surface area contributed by atoms with Crippen LogP contribution in [0.2, 0.25) is 0 Å². The summed E-state index contributed by atoms with van der Waals surface area (Å²) in [6.07, 6.45) is 1.71. The first-order chi connectivity index (χ1) is 17.6. The van der Waals surface area contributed by atoms with Gasteiger partial charge in [-0.15, -0.1) is 0 Å². The summed E-state index contributed by atoms with van der Waals surface area (Å²) in [5.41, 5.74) is 1.14. The highest BCUT2D eigenvalue weighted by Gasteiger charge is 2.46. The molecule has 2 saturated heterocycles. The van der Waals surface area contributed by atoms with E-state index in [1.807, 2.05) is 75.4 Å². The van der Waals surface area contributed by atoms with Gasteiger partial charge >= 0.3 is 12.2 Å². The molecule has 0 saturated carbocycles. The normalized spacial score (nSPS) is 18.4. The van der Waals surface area contributed by atoms with Crippen molar-refractivity contribution in [3.63, 3.8) is 0 Å². The molecule has 0 unspecified atom stereocenters. The van der Waals surface area contributed by atoms with Gasteiger partial charge in [0.05, 0.1) is 19.7 Å². The Morgan fingerprint density at radius 2 is 1.76 bits per heavy atom. The number of likely N-dealkylation sites (tertiary alicyclic amines) is 1.